The summed E-state index contributed by atoms with van der Waals surface area (Å²) >= 11 is 1.69. The number of hydrogen-bond acceptors (Lipinski definition) is 5. The molecular formula is C19H25N3O3S2. The summed E-state index contributed by atoms with van der Waals surface area (Å²) in [6.45, 7) is 4.22. The fourth-order valence-electron chi connectivity index (χ4n) is 3.10. The maximum absolute atomic E-state index is 12.5. The van der Waals surface area contributed by atoms with Crippen LogP contribution >= 0.6 is 11.3 Å². The number of nitrogens with one attached hydrogen (secondary N) is 1. The Kier molecular flexibility index (Phi) is 6.31. The number of likely N-dealkylation sites (N-methyl/N-ethyl adjacent to an activating group) is 1. The lowest BCUT2D eigenvalue weighted by molar-refractivity contribution is -0.117. The van der Waals surface area contributed by atoms with Gasteiger partial charge in [-0.25, -0.2) is 8.42 Å². The maximum atomic E-state index is 12.5. The number of benzene rings is 1. The van der Waals surface area contributed by atoms with E-state index in [0.29, 0.717) is 18.8 Å². The van der Waals surface area contributed by atoms with Crippen LogP contribution in [0, 0.1) is 6.92 Å². The van der Waals surface area contributed by atoms with Crippen LogP contribution in [0.2, 0.25) is 0 Å². The van der Waals surface area contributed by atoms with E-state index in [-0.39, 0.29) is 17.3 Å². The normalized spacial score (nSPS) is 15.4. The number of carbonyl (C=O) groups excluding carboxylic acids is 1. The first kappa shape index (κ1) is 20.0. The molecule has 27 heavy (non-hydrogen) atoms. The quantitative estimate of drug-likeness (QED) is 0.766. The molecule has 2 aromatic rings. The molecule has 2 heterocycles. The summed E-state index contributed by atoms with van der Waals surface area (Å²) in [5.74, 6) is -0.123. The van der Waals surface area contributed by atoms with Crippen molar-refractivity contribution in [3.8, 4) is 0 Å². The maximum Gasteiger partial charge on any atom is 0.243 e. The van der Waals surface area contributed by atoms with Gasteiger partial charge in [0.2, 0.25) is 15.9 Å². The molecular weight excluding hydrogens is 382 g/mol. The summed E-state index contributed by atoms with van der Waals surface area (Å²) in [6.07, 6.45) is 1.82. The van der Waals surface area contributed by atoms with Crippen molar-refractivity contribution in [3.63, 3.8) is 0 Å². The Bertz CT molecular complexity index is 885. The highest BCUT2D eigenvalue weighted by Gasteiger charge is 2.26. The molecule has 1 aromatic carbocycles. The average Bonchev–Trinajstić information content (AvgIpc) is 3.28. The third-order valence-corrected chi connectivity index (χ3v) is 7.56. The van der Waals surface area contributed by atoms with E-state index in [0.717, 1.165) is 19.4 Å². The molecule has 146 valence electrons. The fraction of sp³-hybridized carbons (Fsp3) is 0.421. The van der Waals surface area contributed by atoms with Crippen LogP contribution in [-0.2, 0) is 21.4 Å². The Hall–Kier alpha value is -1.74. The van der Waals surface area contributed by atoms with Crippen molar-refractivity contribution < 1.29 is 13.2 Å². The summed E-state index contributed by atoms with van der Waals surface area (Å²) in [4.78, 5) is 15.7. The van der Waals surface area contributed by atoms with Crippen LogP contribution in [0.25, 0.3) is 0 Å². The molecule has 1 aromatic heterocycles. The lowest BCUT2D eigenvalue weighted by Gasteiger charge is -2.17. The Labute approximate surface area is 164 Å². The summed E-state index contributed by atoms with van der Waals surface area (Å²) < 4.78 is 26.6. The van der Waals surface area contributed by atoms with Gasteiger partial charge in [0, 0.05) is 30.2 Å². The highest BCUT2D eigenvalue weighted by Crippen LogP contribution is 2.22. The number of hydrogen-bond donors (Lipinski definition) is 1. The van der Waals surface area contributed by atoms with Gasteiger partial charge in [-0.15, -0.1) is 11.3 Å². The van der Waals surface area contributed by atoms with Gasteiger partial charge in [0.1, 0.15) is 0 Å². The molecule has 8 heteroatoms. The van der Waals surface area contributed by atoms with Crippen molar-refractivity contribution >= 4 is 33.0 Å². The molecule has 0 atom stereocenters. The largest absolute Gasteiger partial charge is 0.325 e. The zero-order valence-electron chi connectivity index (χ0n) is 15.6. The highest BCUT2D eigenvalue weighted by atomic mass is 32.2. The highest BCUT2D eigenvalue weighted by molar-refractivity contribution is 7.89. The van der Waals surface area contributed by atoms with Crippen LogP contribution in [0.15, 0.2) is 40.6 Å². The predicted molar refractivity (Wildman–Crippen MR) is 108 cm³/mol. The Morgan fingerprint density at radius 2 is 1.85 bits per heavy atom. The van der Waals surface area contributed by atoms with Gasteiger partial charge in [0.15, 0.2) is 0 Å². The third-order valence-electron chi connectivity index (χ3n) is 4.64. The van der Waals surface area contributed by atoms with Gasteiger partial charge < -0.3 is 5.32 Å². The Morgan fingerprint density at radius 3 is 2.44 bits per heavy atom. The SMILES string of the molecule is Cc1ccsc1CN(C)CC(=O)Nc1ccc(S(=O)(=O)N2CCCC2)cc1. The molecule has 0 unspecified atom stereocenters. The summed E-state index contributed by atoms with van der Waals surface area (Å²) in [6, 6.07) is 8.48. The first-order chi connectivity index (χ1) is 12.9. The van der Waals surface area contributed by atoms with Gasteiger partial charge in [0.05, 0.1) is 11.4 Å². The molecule has 1 aliphatic rings. The minimum absolute atomic E-state index is 0.123. The number of rotatable bonds is 7. The fourth-order valence-corrected chi connectivity index (χ4v) is 5.60. The molecule has 1 saturated heterocycles. The molecule has 6 nitrogen and oxygen atoms in total. The molecule has 3 rings (SSSR count). The van der Waals surface area contributed by atoms with Crippen molar-refractivity contribution in [2.24, 2.45) is 0 Å². The minimum atomic E-state index is -3.42. The lowest BCUT2D eigenvalue weighted by Crippen LogP contribution is -2.30. The van der Waals surface area contributed by atoms with Crippen LogP contribution in [0.3, 0.4) is 0 Å². The van der Waals surface area contributed by atoms with E-state index in [1.54, 1.807) is 35.6 Å². The van der Waals surface area contributed by atoms with Crippen molar-refractivity contribution in [2.45, 2.75) is 31.2 Å². The zero-order chi connectivity index (χ0) is 19.4. The molecule has 0 radical (unpaired) electrons. The van der Waals surface area contributed by atoms with Crippen molar-refractivity contribution in [2.75, 3.05) is 32.0 Å². The first-order valence-electron chi connectivity index (χ1n) is 8.98. The number of thiophene rings is 1. The monoisotopic (exact) mass is 407 g/mol. The minimum Gasteiger partial charge on any atom is -0.325 e. The van der Waals surface area contributed by atoms with Crippen LogP contribution in [0.4, 0.5) is 5.69 Å². The van der Waals surface area contributed by atoms with Crippen molar-refractivity contribution in [3.05, 3.63) is 46.2 Å². The van der Waals surface area contributed by atoms with Crippen molar-refractivity contribution in [1.82, 2.24) is 9.21 Å². The second-order valence-electron chi connectivity index (χ2n) is 6.88. The van der Waals surface area contributed by atoms with Gasteiger partial charge in [0.25, 0.3) is 0 Å². The first-order valence-corrected chi connectivity index (χ1v) is 11.3. The van der Waals surface area contributed by atoms with Gasteiger partial charge in [-0.1, -0.05) is 0 Å². The summed E-state index contributed by atoms with van der Waals surface area (Å²) in [7, 11) is -1.52. The van der Waals surface area contributed by atoms with E-state index in [1.807, 2.05) is 11.9 Å². The molecule has 1 fully saturated rings. The number of amides is 1. The van der Waals surface area contributed by atoms with E-state index in [1.165, 1.54) is 14.7 Å². The smallest absolute Gasteiger partial charge is 0.243 e. The van der Waals surface area contributed by atoms with Crippen LogP contribution in [0.1, 0.15) is 23.3 Å². The zero-order valence-corrected chi connectivity index (χ0v) is 17.3. The topological polar surface area (TPSA) is 69.7 Å². The number of carbonyl (C=O) groups is 1. The molecule has 0 spiro atoms. The van der Waals surface area contributed by atoms with E-state index >= 15 is 0 Å². The van der Waals surface area contributed by atoms with Crippen LogP contribution < -0.4 is 5.32 Å². The van der Waals surface area contributed by atoms with Crippen LogP contribution in [-0.4, -0.2) is 50.2 Å². The standard InChI is InChI=1S/C19H25N3O3S2/c1-15-9-12-26-18(15)13-21(2)14-19(23)20-16-5-7-17(8-6-16)27(24,25)22-10-3-4-11-22/h5-9,12H,3-4,10-11,13-14H2,1-2H3,(H,20,23). The third kappa shape index (κ3) is 4.95. The number of aryl methyl sites for hydroxylation is 1. The van der Waals surface area contributed by atoms with E-state index in [4.69, 9.17) is 0 Å². The molecule has 0 saturated carbocycles. The second kappa shape index (κ2) is 8.52. The molecule has 0 aliphatic carbocycles. The van der Waals surface area contributed by atoms with Gasteiger partial charge in [-0.3, -0.25) is 9.69 Å². The Morgan fingerprint density at radius 1 is 1.19 bits per heavy atom. The molecule has 1 amide bonds. The lowest BCUT2D eigenvalue weighted by atomic mass is 10.3. The van der Waals surface area contributed by atoms with Gasteiger partial charge >= 0.3 is 0 Å². The molecule has 0 bridgehead atoms. The van der Waals surface area contributed by atoms with Crippen molar-refractivity contribution in [1.29, 1.82) is 0 Å². The molecule has 1 N–H and O–H groups in total. The van der Waals surface area contributed by atoms with Gasteiger partial charge in [-0.05, 0) is 68.1 Å². The molecule has 1 aliphatic heterocycles. The van der Waals surface area contributed by atoms with E-state index in [9.17, 15) is 13.2 Å². The summed E-state index contributed by atoms with van der Waals surface area (Å²) in [5.41, 5.74) is 1.84. The Balaban J connectivity index is 1.56. The summed E-state index contributed by atoms with van der Waals surface area (Å²) in [5, 5.41) is 4.88. The van der Waals surface area contributed by atoms with E-state index < -0.39 is 10.0 Å². The predicted octanol–water partition coefficient (Wildman–Crippen LogP) is 2.91. The number of nitrogens with zero attached hydrogens (tertiary/aromatic N) is 2. The second-order valence-corrected chi connectivity index (χ2v) is 9.82. The van der Waals surface area contributed by atoms with E-state index in [2.05, 4.69) is 23.7 Å². The number of sulfonamides is 1. The van der Waals surface area contributed by atoms with Crippen LogP contribution in [0.5, 0.6) is 0 Å². The number of anilines is 1. The van der Waals surface area contributed by atoms with Gasteiger partial charge in [-0.2, -0.15) is 4.31 Å². The average molecular weight is 408 g/mol.